The molecule has 1 unspecified atom stereocenters. The number of methoxy groups -OCH3 is 1. The number of hydrogen-bond acceptors (Lipinski definition) is 7. The van der Waals surface area contributed by atoms with E-state index in [-0.39, 0.29) is 17.9 Å². The van der Waals surface area contributed by atoms with Gasteiger partial charge < -0.3 is 35.3 Å². The van der Waals surface area contributed by atoms with Crippen LogP contribution in [0.25, 0.3) is 11.3 Å². The van der Waals surface area contributed by atoms with E-state index in [1.807, 2.05) is 12.1 Å². The van der Waals surface area contributed by atoms with Gasteiger partial charge in [-0.1, -0.05) is 6.07 Å². The quantitative estimate of drug-likeness (QED) is 0.622. The van der Waals surface area contributed by atoms with Crippen LogP contribution in [0, 0.1) is 5.92 Å². The molecule has 1 fully saturated rings. The van der Waals surface area contributed by atoms with Crippen molar-refractivity contribution < 1.29 is 28.5 Å². The van der Waals surface area contributed by atoms with E-state index in [0.717, 1.165) is 12.8 Å². The molecule has 32 heavy (non-hydrogen) atoms. The topological polar surface area (TPSA) is 134 Å². The summed E-state index contributed by atoms with van der Waals surface area (Å²) >= 11 is 0. The number of pyridine rings is 1. The third kappa shape index (κ3) is 5.02. The van der Waals surface area contributed by atoms with Crippen molar-refractivity contribution in [2.75, 3.05) is 38.8 Å². The average Bonchev–Trinajstić information content (AvgIpc) is 2.81. The highest BCUT2D eigenvalue weighted by molar-refractivity contribution is 5.89. The van der Waals surface area contributed by atoms with Gasteiger partial charge in [0.05, 0.1) is 19.3 Å². The van der Waals surface area contributed by atoms with Crippen LogP contribution in [0.4, 0.5) is 10.5 Å². The molecule has 1 saturated heterocycles. The second-order valence-electron chi connectivity index (χ2n) is 7.59. The highest BCUT2D eigenvalue weighted by Crippen LogP contribution is 2.41. The first-order valence-corrected chi connectivity index (χ1v) is 10.4. The maximum Gasteiger partial charge on any atom is 0.316 e. The minimum atomic E-state index is -0.695. The number of fused-ring (bicyclic) bond motifs is 1. The number of para-hydroxylation sites is 1. The van der Waals surface area contributed by atoms with Crippen LogP contribution in [0.5, 0.6) is 17.4 Å². The SMILES string of the molecule is COc1cc(NC(N)=O)cc(-c2cccc3c2OC(CNC(=O)C2CCOCC2)CO3)n1. The Morgan fingerprint density at radius 1 is 1.25 bits per heavy atom. The van der Waals surface area contributed by atoms with Crippen molar-refractivity contribution >= 4 is 17.6 Å². The summed E-state index contributed by atoms with van der Waals surface area (Å²) in [7, 11) is 1.48. The van der Waals surface area contributed by atoms with Crippen LogP contribution >= 0.6 is 0 Å². The Kier molecular flexibility index (Phi) is 6.60. The van der Waals surface area contributed by atoms with Gasteiger partial charge in [0, 0.05) is 36.4 Å². The third-order valence-corrected chi connectivity index (χ3v) is 5.34. The van der Waals surface area contributed by atoms with E-state index < -0.39 is 6.03 Å². The van der Waals surface area contributed by atoms with Gasteiger partial charge in [0.15, 0.2) is 11.5 Å². The lowest BCUT2D eigenvalue weighted by molar-refractivity contribution is -0.128. The Bertz CT molecular complexity index is 992. The summed E-state index contributed by atoms with van der Waals surface area (Å²) in [6.45, 7) is 1.85. The zero-order valence-corrected chi connectivity index (χ0v) is 17.8. The molecule has 4 rings (SSSR count). The van der Waals surface area contributed by atoms with Gasteiger partial charge >= 0.3 is 6.03 Å². The number of nitrogens with one attached hydrogen (secondary N) is 2. The largest absolute Gasteiger partial charge is 0.486 e. The second kappa shape index (κ2) is 9.73. The molecule has 0 radical (unpaired) electrons. The number of ether oxygens (including phenoxy) is 4. The molecule has 0 bridgehead atoms. The molecule has 4 N–H and O–H groups in total. The van der Waals surface area contributed by atoms with Gasteiger partial charge in [-0.25, -0.2) is 9.78 Å². The summed E-state index contributed by atoms with van der Waals surface area (Å²) in [6.07, 6.45) is 1.09. The molecule has 170 valence electrons. The van der Waals surface area contributed by atoms with Gasteiger partial charge in [-0.3, -0.25) is 4.79 Å². The van der Waals surface area contributed by atoms with E-state index in [9.17, 15) is 9.59 Å². The Morgan fingerprint density at radius 2 is 2.06 bits per heavy atom. The van der Waals surface area contributed by atoms with E-state index in [1.165, 1.54) is 7.11 Å². The molecule has 1 aromatic heterocycles. The van der Waals surface area contributed by atoms with Gasteiger partial charge in [0.25, 0.3) is 0 Å². The molecule has 2 aliphatic rings. The van der Waals surface area contributed by atoms with Crippen molar-refractivity contribution in [3.8, 4) is 28.6 Å². The number of nitrogens with two attached hydrogens (primary N) is 1. The molecule has 0 saturated carbocycles. The minimum Gasteiger partial charge on any atom is -0.486 e. The number of amides is 3. The number of nitrogens with zero attached hydrogens (tertiary/aromatic N) is 1. The zero-order valence-electron chi connectivity index (χ0n) is 17.8. The third-order valence-electron chi connectivity index (χ3n) is 5.34. The van der Waals surface area contributed by atoms with Crippen LogP contribution in [0.15, 0.2) is 30.3 Å². The lowest BCUT2D eigenvalue weighted by Crippen LogP contribution is -2.43. The molecule has 3 heterocycles. The van der Waals surface area contributed by atoms with E-state index >= 15 is 0 Å². The van der Waals surface area contributed by atoms with Gasteiger partial charge in [0.2, 0.25) is 11.8 Å². The van der Waals surface area contributed by atoms with E-state index in [0.29, 0.717) is 60.7 Å². The number of carbonyl (C=O) groups excluding carboxylic acids is 2. The van der Waals surface area contributed by atoms with Crippen molar-refractivity contribution in [1.29, 1.82) is 0 Å². The van der Waals surface area contributed by atoms with Gasteiger partial charge in [-0.15, -0.1) is 0 Å². The summed E-state index contributed by atoms with van der Waals surface area (Å²) in [6, 6.07) is 8.00. The van der Waals surface area contributed by atoms with Crippen LogP contribution in [-0.4, -0.2) is 56.5 Å². The number of rotatable bonds is 6. The Balaban J connectivity index is 1.52. The predicted octanol–water partition coefficient (Wildman–Crippen LogP) is 1.93. The Hall–Kier alpha value is -3.53. The first-order chi connectivity index (χ1) is 15.5. The molecule has 10 heteroatoms. The van der Waals surface area contributed by atoms with E-state index in [4.69, 9.17) is 24.7 Å². The number of urea groups is 1. The van der Waals surface area contributed by atoms with Gasteiger partial charge in [0.1, 0.15) is 12.7 Å². The monoisotopic (exact) mass is 442 g/mol. The summed E-state index contributed by atoms with van der Waals surface area (Å²) in [5.41, 5.74) is 6.86. The van der Waals surface area contributed by atoms with Gasteiger partial charge in [-0.2, -0.15) is 0 Å². The fraction of sp³-hybridized carbons (Fsp3) is 0.409. The Labute approximate surface area is 185 Å². The molecular weight excluding hydrogens is 416 g/mol. The first kappa shape index (κ1) is 21.7. The average molecular weight is 442 g/mol. The molecule has 2 aliphatic heterocycles. The lowest BCUT2D eigenvalue weighted by Gasteiger charge is -2.29. The second-order valence-corrected chi connectivity index (χ2v) is 7.59. The van der Waals surface area contributed by atoms with Crippen LogP contribution in [0.3, 0.4) is 0 Å². The number of benzene rings is 1. The molecule has 2 aromatic rings. The number of primary amides is 1. The summed E-state index contributed by atoms with van der Waals surface area (Å²) in [4.78, 5) is 28.2. The van der Waals surface area contributed by atoms with Crippen LogP contribution in [0.2, 0.25) is 0 Å². The lowest BCUT2D eigenvalue weighted by atomic mass is 9.99. The molecule has 10 nitrogen and oxygen atoms in total. The first-order valence-electron chi connectivity index (χ1n) is 10.4. The smallest absolute Gasteiger partial charge is 0.316 e. The van der Waals surface area contributed by atoms with Crippen molar-refractivity contribution in [2.24, 2.45) is 11.7 Å². The fourth-order valence-electron chi connectivity index (χ4n) is 3.72. The highest BCUT2D eigenvalue weighted by Gasteiger charge is 2.27. The predicted molar refractivity (Wildman–Crippen MR) is 116 cm³/mol. The number of carbonyl (C=O) groups is 2. The zero-order chi connectivity index (χ0) is 22.5. The fourth-order valence-corrected chi connectivity index (χ4v) is 3.72. The Morgan fingerprint density at radius 3 is 2.81 bits per heavy atom. The summed E-state index contributed by atoms with van der Waals surface area (Å²) in [5, 5.41) is 5.50. The summed E-state index contributed by atoms with van der Waals surface area (Å²) in [5.74, 6) is 1.36. The van der Waals surface area contributed by atoms with Crippen molar-refractivity contribution in [1.82, 2.24) is 10.3 Å². The van der Waals surface area contributed by atoms with Crippen LogP contribution in [0.1, 0.15) is 12.8 Å². The molecule has 0 spiro atoms. The molecule has 0 aliphatic carbocycles. The molecular formula is C22H26N4O6. The maximum atomic E-state index is 12.4. The van der Waals surface area contributed by atoms with Crippen molar-refractivity contribution in [2.45, 2.75) is 18.9 Å². The van der Waals surface area contributed by atoms with Crippen molar-refractivity contribution in [3.05, 3.63) is 30.3 Å². The van der Waals surface area contributed by atoms with E-state index in [1.54, 1.807) is 18.2 Å². The molecule has 1 aromatic carbocycles. The maximum absolute atomic E-state index is 12.4. The van der Waals surface area contributed by atoms with Gasteiger partial charge in [-0.05, 0) is 31.0 Å². The summed E-state index contributed by atoms with van der Waals surface area (Å²) < 4.78 is 22.6. The van der Waals surface area contributed by atoms with Crippen molar-refractivity contribution in [3.63, 3.8) is 0 Å². The number of aromatic nitrogens is 1. The molecule has 3 amide bonds. The highest BCUT2D eigenvalue weighted by atomic mass is 16.6. The van der Waals surface area contributed by atoms with Crippen LogP contribution in [-0.2, 0) is 9.53 Å². The van der Waals surface area contributed by atoms with E-state index in [2.05, 4.69) is 15.6 Å². The van der Waals surface area contributed by atoms with Crippen LogP contribution < -0.4 is 30.6 Å². The standard InChI is InChI=1S/C22H26N4O6/c1-29-19-10-14(25-22(23)28)9-17(26-19)16-3-2-4-18-20(16)32-15(12-31-18)11-24-21(27)13-5-7-30-8-6-13/h2-4,9-10,13,15H,5-8,11-12H2,1H3,(H,24,27)(H3,23,25,26,28). The number of hydrogen-bond donors (Lipinski definition) is 3. The minimum absolute atomic E-state index is 0.00705. The normalized spacial score (nSPS) is 18.0. The number of anilines is 1. The molecule has 1 atom stereocenters.